The van der Waals surface area contributed by atoms with Crippen LogP contribution in [0.1, 0.15) is 39.0 Å². The molecule has 1 aliphatic heterocycles. The topological polar surface area (TPSA) is 72.9 Å². The van der Waals surface area contributed by atoms with E-state index in [4.69, 9.17) is 5.11 Å². The zero-order chi connectivity index (χ0) is 15.3. The third-order valence-electron chi connectivity index (χ3n) is 4.75. The molecule has 0 aromatic rings. The first kappa shape index (κ1) is 16.1. The number of carboxylic acids is 1. The van der Waals surface area contributed by atoms with Crippen LogP contribution >= 0.6 is 0 Å². The van der Waals surface area contributed by atoms with Crippen LogP contribution in [-0.2, 0) is 4.79 Å². The first-order valence-corrected chi connectivity index (χ1v) is 8.02. The Morgan fingerprint density at radius 3 is 2.33 bits per heavy atom. The van der Waals surface area contributed by atoms with Crippen LogP contribution in [0.15, 0.2) is 0 Å². The van der Waals surface area contributed by atoms with Gasteiger partial charge in [0.05, 0.1) is 6.42 Å². The quantitative estimate of drug-likeness (QED) is 0.776. The number of urea groups is 1. The SMILES string of the molecule is CCCN1CCN(C(=O)NCC2(CC(=O)O)CCC2)CC1. The summed E-state index contributed by atoms with van der Waals surface area (Å²) in [5.74, 6) is -0.767. The standard InChI is InChI=1S/C15H27N3O3/c1-2-6-17-7-9-18(10-8-17)14(21)16-12-15(4-3-5-15)11-13(19)20/h2-12H2,1H3,(H,16,21)(H,19,20). The molecule has 0 aromatic carbocycles. The van der Waals surface area contributed by atoms with Gasteiger partial charge in [-0.15, -0.1) is 0 Å². The lowest BCUT2D eigenvalue weighted by Crippen LogP contribution is -2.54. The van der Waals surface area contributed by atoms with E-state index in [-0.39, 0.29) is 17.9 Å². The van der Waals surface area contributed by atoms with E-state index in [1.54, 1.807) is 0 Å². The maximum absolute atomic E-state index is 12.2. The number of carbonyl (C=O) groups excluding carboxylic acids is 1. The maximum atomic E-state index is 12.2. The summed E-state index contributed by atoms with van der Waals surface area (Å²) in [4.78, 5) is 27.3. The van der Waals surface area contributed by atoms with E-state index >= 15 is 0 Å². The molecule has 2 amide bonds. The van der Waals surface area contributed by atoms with Crippen LogP contribution in [-0.4, -0.2) is 66.2 Å². The summed E-state index contributed by atoms with van der Waals surface area (Å²) in [5, 5.41) is 11.9. The Kier molecular flexibility index (Phi) is 5.45. The molecule has 0 spiro atoms. The third kappa shape index (κ3) is 4.33. The van der Waals surface area contributed by atoms with Gasteiger partial charge in [-0.3, -0.25) is 9.69 Å². The number of hydrogen-bond acceptors (Lipinski definition) is 3. The highest BCUT2D eigenvalue weighted by atomic mass is 16.4. The van der Waals surface area contributed by atoms with Gasteiger partial charge in [-0.25, -0.2) is 4.79 Å². The van der Waals surface area contributed by atoms with Crippen molar-refractivity contribution >= 4 is 12.0 Å². The van der Waals surface area contributed by atoms with Gasteiger partial charge in [-0.1, -0.05) is 13.3 Å². The van der Waals surface area contributed by atoms with Crippen molar-refractivity contribution in [2.45, 2.75) is 39.0 Å². The Labute approximate surface area is 126 Å². The van der Waals surface area contributed by atoms with Crippen molar-refractivity contribution in [2.24, 2.45) is 5.41 Å². The smallest absolute Gasteiger partial charge is 0.317 e. The van der Waals surface area contributed by atoms with Gasteiger partial charge in [0.1, 0.15) is 0 Å². The van der Waals surface area contributed by atoms with E-state index in [1.807, 2.05) is 4.90 Å². The molecule has 1 saturated carbocycles. The number of rotatable bonds is 6. The van der Waals surface area contributed by atoms with Crippen LogP contribution in [0.3, 0.4) is 0 Å². The molecule has 21 heavy (non-hydrogen) atoms. The second-order valence-electron chi connectivity index (χ2n) is 6.41. The van der Waals surface area contributed by atoms with Crippen molar-refractivity contribution in [2.75, 3.05) is 39.3 Å². The molecule has 2 N–H and O–H groups in total. The van der Waals surface area contributed by atoms with Crippen molar-refractivity contribution in [3.05, 3.63) is 0 Å². The summed E-state index contributed by atoms with van der Waals surface area (Å²) in [6.07, 6.45) is 4.19. The molecule has 2 fully saturated rings. The number of hydrogen-bond donors (Lipinski definition) is 2. The molecule has 0 aromatic heterocycles. The number of carboxylic acid groups (broad SMARTS) is 1. The van der Waals surface area contributed by atoms with E-state index in [1.165, 1.54) is 0 Å². The minimum absolute atomic E-state index is 0.0391. The number of carbonyl (C=O) groups is 2. The average molecular weight is 297 g/mol. The molecular formula is C15H27N3O3. The molecule has 0 atom stereocenters. The first-order valence-electron chi connectivity index (χ1n) is 8.02. The van der Waals surface area contributed by atoms with Gasteiger partial charge in [-0.2, -0.15) is 0 Å². The molecule has 120 valence electrons. The fraction of sp³-hybridized carbons (Fsp3) is 0.867. The second kappa shape index (κ2) is 7.11. The van der Waals surface area contributed by atoms with Crippen molar-refractivity contribution < 1.29 is 14.7 Å². The average Bonchev–Trinajstić information content (AvgIpc) is 2.42. The Bertz CT molecular complexity index is 374. The predicted molar refractivity (Wildman–Crippen MR) is 80.2 cm³/mol. The highest BCUT2D eigenvalue weighted by Gasteiger charge is 2.39. The van der Waals surface area contributed by atoms with Gasteiger partial charge in [-0.05, 0) is 31.2 Å². The van der Waals surface area contributed by atoms with E-state index < -0.39 is 5.97 Å². The monoisotopic (exact) mass is 297 g/mol. The van der Waals surface area contributed by atoms with Crippen LogP contribution in [0.2, 0.25) is 0 Å². The second-order valence-corrected chi connectivity index (χ2v) is 6.41. The van der Waals surface area contributed by atoms with Crippen LogP contribution in [0.4, 0.5) is 4.79 Å². The highest BCUT2D eigenvalue weighted by Crippen LogP contribution is 2.43. The summed E-state index contributed by atoms with van der Waals surface area (Å²) in [6.45, 7) is 7.14. The van der Waals surface area contributed by atoms with Crippen molar-refractivity contribution in [3.63, 3.8) is 0 Å². The number of nitrogens with zero attached hydrogens (tertiary/aromatic N) is 2. The molecule has 1 saturated heterocycles. The molecular weight excluding hydrogens is 270 g/mol. The summed E-state index contributed by atoms with van der Waals surface area (Å²) in [6, 6.07) is -0.0391. The van der Waals surface area contributed by atoms with E-state index in [9.17, 15) is 9.59 Å². The highest BCUT2D eigenvalue weighted by molar-refractivity contribution is 5.74. The lowest BCUT2D eigenvalue weighted by atomic mass is 9.66. The van der Waals surface area contributed by atoms with Crippen LogP contribution in [0, 0.1) is 5.41 Å². The molecule has 0 bridgehead atoms. The van der Waals surface area contributed by atoms with Crippen molar-refractivity contribution in [1.82, 2.24) is 15.1 Å². The Morgan fingerprint density at radius 1 is 1.19 bits per heavy atom. The molecule has 1 aliphatic carbocycles. The van der Waals surface area contributed by atoms with Crippen LogP contribution in [0.25, 0.3) is 0 Å². The largest absolute Gasteiger partial charge is 0.481 e. The van der Waals surface area contributed by atoms with Crippen molar-refractivity contribution in [1.29, 1.82) is 0 Å². The lowest BCUT2D eigenvalue weighted by Gasteiger charge is -2.41. The Balaban J connectivity index is 1.73. The zero-order valence-electron chi connectivity index (χ0n) is 12.9. The third-order valence-corrected chi connectivity index (χ3v) is 4.75. The number of amides is 2. The van der Waals surface area contributed by atoms with Gasteiger partial charge in [0.15, 0.2) is 0 Å². The molecule has 6 nitrogen and oxygen atoms in total. The minimum atomic E-state index is -0.767. The van der Waals surface area contributed by atoms with E-state index in [0.717, 1.165) is 58.4 Å². The van der Waals surface area contributed by atoms with Gasteiger partial charge in [0.2, 0.25) is 0 Å². The molecule has 0 unspecified atom stereocenters. The first-order chi connectivity index (χ1) is 10.0. The normalized spacial score (nSPS) is 21.7. The Morgan fingerprint density at radius 2 is 1.86 bits per heavy atom. The molecule has 6 heteroatoms. The number of aliphatic carboxylic acids is 1. The summed E-state index contributed by atoms with van der Waals surface area (Å²) in [5.41, 5.74) is -0.203. The van der Waals surface area contributed by atoms with Gasteiger partial charge in [0, 0.05) is 32.7 Å². The van der Waals surface area contributed by atoms with Gasteiger partial charge < -0.3 is 15.3 Å². The van der Waals surface area contributed by atoms with Gasteiger partial charge >= 0.3 is 12.0 Å². The fourth-order valence-corrected chi connectivity index (χ4v) is 3.28. The van der Waals surface area contributed by atoms with E-state index in [2.05, 4.69) is 17.1 Å². The van der Waals surface area contributed by atoms with Crippen LogP contribution < -0.4 is 5.32 Å². The number of piperazine rings is 1. The summed E-state index contributed by atoms with van der Waals surface area (Å²) in [7, 11) is 0. The minimum Gasteiger partial charge on any atom is -0.481 e. The van der Waals surface area contributed by atoms with Crippen LogP contribution in [0.5, 0.6) is 0 Å². The molecule has 0 radical (unpaired) electrons. The Hall–Kier alpha value is -1.30. The molecule has 2 aliphatic rings. The summed E-state index contributed by atoms with van der Waals surface area (Å²) < 4.78 is 0. The van der Waals surface area contributed by atoms with Gasteiger partial charge in [0.25, 0.3) is 0 Å². The maximum Gasteiger partial charge on any atom is 0.317 e. The molecule has 2 rings (SSSR count). The van der Waals surface area contributed by atoms with Crippen molar-refractivity contribution in [3.8, 4) is 0 Å². The van der Waals surface area contributed by atoms with E-state index in [0.29, 0.717) is 6.54 Å². The zero-order valence-corrected chi connectivity index (χ0v) is 12.9. The fourth-order valence-electron chi connectivity index (χ4n) is 3.28. The molecule has 1 heterocycles. The number of nitrogens with one attached hydrogen (secondary N) is 1. The lowest BCUT2D eigenvalue weighted by molar-refractivity contribution is -0.141. The summed E-state index contributed by atoms with van der Waals surface area (Å²) >= 11 is 0. The predicted octanol–water partition coefficient (Wildman–Crippen LogP) is 1.37.